The molecule has 1 heterocycles. The standard InChI is InChI=1S/C26H32O6/c1-15-4-6-20(32-15)18-11-16-10-17(30-13-27)8-9-25(16,2)24-21(31-14-28)12-26(3)19(23(18)24)5-7-22(26)29/h4,6,11,13-14,17-19,21,23-24H,5,7-10,12H2,1-3H3/t17?,18-,19?,21+,23-,24-,25-,26-/m0/s1. The minimum absolute atomic E-state index is 0.0000307. The Morgan fingerprint density at radius 2 is 1.88 bits per heavy atom. The van der Waals surface area contributed by atoms with Crippen molar-refractivity contribution in [1.82, 2.24) is 0 Å². The van der Waals surface area contributed by atoms with E-state index >= 15 is 0 Å². The van der Waals surface area contributed by atoms with Gasteiger partial charge in [0.2, 0.25) is 0 Å². The Kier molecular flexibility index (Phi) is 5.10. The monoisotopic (exact) mass is 440 g/mol. The van der Waals surface area contributed by atoms with Gasteiger partial charge in [0.05, 0.1) is 0 Å². The highest BCUT2D eigenvalue weighted by molar-refractivity contribution is 5.87. The van der Waals surface area contributed by atoms with Gasteiger partial charge in [0.25, 0.3) is 12.9 Å². The van der Waals surface area contributed by atoms with E-state index in [-0.39, 0.29) is 47.1 Å². The van der Waals surface area contributed by atoms with Crippen molar-refractivity contribution in [3.05, 3.63) is 35.3 Å². The van der Waals surface area contributed by atoms with Crippen LogP contribution >= 0.6 is 0 Å². The molecule has 0 aromatic carbocycles. The number of hydrogen-bond acceptors (Lipinski definition) is 6. The van der Waals surface area contributed by atoms with Crippen molar-refractivity contribution in [3.8, 4) is 0 Å². The number of hydrogen-bond donors (Lipinski definition) is 0. The van der Waals surface area contributed by atoms with Gasteiger partial charge in [-0.05, 0) is 62.0 Å². The Balaban J connectivity index is 1.67. The summed E-state index contributed by atoms with van der Waals surface area (Å²) in [5.74, 6) is 2.50. The first-order valence-corrected chi connectivity index (χ1v) is 11.8. The number of allylic oxidation sites excluding steroid dienone is 1. The average Bonchev–Trinajstić information content (AvgIpc) is 3.31. The molecule has 0 amide bonds. The van der Waals surface area contributed by atoms with E-state index in [1.165, 1.54) is 5.57 Å². The zero-order valence-electron chi connectivity index (χ0n) is 19.0. The van der Waals surface area contributed by atoms with Gasteiger partial charge in [0, 0.05) is 30.1 Å². The molecule has 0 N–H and O–H groups in total. The zero-order chi connectivity index (χ0) is 22.7. The average molecular weight is 441 g/mol. The van der Waals surface area contributed by atoms with E-state index in [2.05, 4.69) is 19.9 Å². The van der Waals surface area contributed by atoms with Crippen molar-refractivity contribution >= 4 is 18.7 Å². The first-order valence-electron chi connectivity index (χ1n) is 11.8. The molecular weight excluding hydrogens is 408 g/mol. The van der Waals surface area contributed by atoms with E-state index in [1.807, 2.05) is 19.1 Å². The van der Waals surface area contributed by atoms with Gasteiger partial charge in [-0.1, -0.05) is 25.5 Å². The molecule has 5 rings (SSSR count). The third-order valence-electron chi connectivity index (χ3n) is 9.31. The van der Waals surface area contributed by atoms with E-state index in [1.54, 1.807) is 0 Å². The van der Waals surface area contributed by atoms with Crippen molar-refractivity contribution in [2.45, 2.75) is 77.4 Å². The number of carbonyl (C=O) groups is 3. The molecule has 8 atom stereocenters. The number of ketones is 1. The minimum Gasteiger partial charge on any atom is -0.466 e. The van der Waals surface area contributed by atoms with E-state index < -0.39 is 5.41 Å². The van der Waals surface area contributed by atoms with Gasteiger partial charge in [0.1, 0.15) is 29.5 Å². The lowest BCUT2D eigenvalue weighted by Gasteiger charge is -2.60. The number of aryl methyl sites for hydroxylation is 1. The Labute approximate surface area is 188 Å². The Hall–Kier alpha value is -2.37. The second-order valence-corrected chi connectivity index (χ2v) is 10.7. The van der Waals surface area contributed by atoms with Crippen LogP contribution in [-0.4, -0.2) is 30.9 Å². The van der Waals surface area contributed by atoms with Gasteiger partial charge in [-0.3, -0.25) is 14.4 Å². The maximum atomic E-state index is 13.0. The lowest BCUT2D eigenvalue weighted by atomic mass is 9.45. The highest BCUT2D eigenvalue weighted by Crippen LogP contribution is 2.67. The molecule has 1 aromatic heterocycles. The van der Waals surface area contributed by atoms with Crippen molar-refractivity contribution < 1.29 is 28.3 Å². The number of rotatable bonds is 5. The smallest absolute Gasteiger partial charge is 0.293 e. The molecule has 3 saturated carbocycles. The molecule has 0 saturated heterocycles. The summed E-state index contributed by atoms with van der Waals surface area (Å²) in [6, 6.07) is 4.02. The summed E-state index contributed by atoms with van der Waals surface area (Å²) in [4.78, 5) is 35.6. The maximum Gasteiger partial charge on any atom is 0.293 e. The fourth-order valence-corrected chi connectivity index (χ4v) is 7.80. The Morgan fingerprint density at radius 3 is 2.56 bits per heavy atom. The summed E-state index contributed by atoms with van der Waals surface area (Å²) in [6.45, 7) is 7.39. The van der Waals surface area contributed by atoms with Crippen molar-refractivity contribution in [2.24, 2.45) is 28.6 Å². The van der Waals surface area contributed by atoms with Crippen molar-refractivity contribution in [1.29, 1.82) is 0 Å². The molecule has 2 unspecified atom stereocenters. The van der Waals surface area contributed by atoms with Gasteiger partial charge in [-0.15, -0.1) is 0 Å². The molecule has 0 bridgehead atoms. The summed E-state index contributed by atoms with van der Waals surface area (Å²) < 4.78 is 17.3. The molecule has 4 aliphatic carbocycles. The summed E-state index contributed by atoms with van der Waals surface area (Å²) in [7, 11) is 0. The highest BCUT2D eigenvalue weighted by atomic mass is 16.5. The van der Waals surface area contributed by atoms with Crippen LogP contribution in [0.25, 0.3) is 0 Å². The van der Waals surface area contributed by atoms with Crippen LogP contribution in [0.1, 0.15) is 69.8 Å². The minimum atomic E-state index is -0.478. The second kappa shape index (κ2) is 7.60. The molecule has 0 aliphatic heterocycles. The molecule has 1 aromatic rings. The molecule has 6 nitrogen and oxygen atoms in total. The van der Waals surface area contributed by atoms with Gasteiger partial charge >= 0.3 is 0 Å². The van der Waals surface area contributed by atoms with Gasteiger partial charge < -0.3 is 13.9 Å². The topological polar surface area (TPSA) is 82.8 Å². The maximum absolute atomic E-state index is 13.0. The van der Waals surface area contributed by atoms with E-state index in [9.17, 15) is 14.4 Å². The largest absolute Gasteiger partial charge is 0.466 e. The number of Topliss-reactive ketones (excluding diaryl/α,β-unsaturated/α-hetero) is 1. The highest BCUT2D eigenvalue weighted by Gasteiger charge is 2.65. The lowest BCUT2D eigenvalue weighted by Crippen LogP contribution is -2.58. The first-order chi connectivity index (χ1) is 15.3. The molecular formula is C26H32O6. The van der Waals surface area contributed by atoms with Crippen LogP contribution in [0.3, 0.4) is 0 Å². The molecule has 3 fully saturated rings. The predicted molar refractivity (Wildman–Crippen MR) is 116 cm³/mol. The van der Waals surface area contributed by atoms with Gasteiger partial charge in [0.15, 0.2) is 0 Å². The number of furan rings is 1. The molecule has 32 heavy (non-hydrogen) atoms. The molecule has 6 heteroatoms. The summed E-state index contributed by atoms with van der Waals surface area (Å²) in [6.07, 6.45) is 6.24. The van der Waals surface area contributed by atoms with Crippen LogP contribution in [0.4, 0.5) is 0 Å². The van der Waals surface area contributed by atoms with E-state index in [0.29, 0.717) is 32.2 Å². The lowest BCUT2D eigenvalue weighted by molar-refractivity contribution is -0.167. The molecule has 0 radical (unpaired) electrons. The zero-order valence-corrected chi connectivity index (χ0v) is 19.0. The molecule has 172 valence electrons. The Bertz CT molecular complexity index is 961. The fraction of sp³-hybridized carbons (Fsp3) is 0.654. The van der Waals surface area contributed by atoms with Crippen LogP contribution < -0.4 is 0 Å². The third kappa shape index (κ3) is 3.01. The Morgan fingerprint density at radius 1 is 1.09 bits per heavy atom. The normalized spacial score (nSPS) is 42.8. The SMILES string of the molecule is Cc1ccc([C@@H]2C=C3CC(OC=O)CC[C@]3(C)[C@@H]3[C@@H]2C2CCC(=O)[C@@]2(C)C[C@H]3OC=O)o1. The van der Waals surface area contributed by atoms with Crippen LogP contribution in [0.2, 0.25) is 0 Å². The van der Waals surface area contributed by atoms with E-state index in [4.69, 9.17) is 13.9 Å². The fourth-order valence-electron chi connectivity index (χ4n) is 7.80. The van der Waals surface area contributed by atoms with Crippen LogP contribution in [-0.2, 0) is 23.9 Å². The van der Waals surface area contributed by atoms with Gasteiger partial charge in [-0.25, -0.2) is 0 Å². The summed E-state index contributed by atoms with van der Waals surface area (Å²) in [5, 5.41) is 0. The first kappa shape index (κ1) is 21.5. The van der Waals surface area contributed by atoms with Crippen LogP contribution in [0.5, 0.6) is 0 Å². The quantitative estimate of drug-likeness (QED) is 0.495. The number of carbonyl (C=O) groups excluding carboxylic acids is 3. The molecule has 0 spiro atoms. The second-order valence-electron chi connectivity index (χ2n) is 10.7. The third-order valence-corrected chi connectivity index (χ3v) is 9.31. The van der Waals surface area contributed by atoms with Crippen molar-refractivity contribution in [3.63, 3.8) is 0 Å². The number of fused-ring (bicyclic) bond motifs is 5. The summed E-state index contributed by atoms with van der Waals surface area (Å²) >= 11 is 0. The summed E-state index contributed by atoms with van der Waals surface area (Å²) in [5.41, 5.74) is 0.601. The van der Waals surface area contributed by atoms with Crippen LogP contribution in [0.15, 0.2) is 28.2 Å². The van der Waals surface area contributed by atoms with E-state index in [0.717, 1.165) is 30.8 Å². The number of ether oxygens (including phenoxy) is 2. The predicted octanol–water partition coefficient (Wildman–Crippen LogP) is 4.51. The van der Waals surface area contributed by atoms with Crippen molar-refractivity contribution in [2.75, 3.05) is 0 Å². The molecule has 4 aliphatic rings. The van der Waals surface area contributed by atoms with Gasteiger partial charge in [-0.2, -0.15) is 0 Å². The van der Waals surface area contributed by atoms with Crippen LogP contribution in [0, 0.1) is 35.5 Å².